The Hall–Kier alpha value is -2.96. The molecule has 0 unspecified atom stereocenters. The topological polar surface area (TPSA) is 91.4 Å². The fraction of sp³-hybridized carbons (Fsp3) is 0.200. The van der Waals surface area contributed by atoms with Crippen LogP contribution >= 0.6 is 0 Å². The molecule has 0 saturated carbocycles. The summed E-state index contributed by atoms with van der Waals surface area (Å²) < 4.78 is 6.13. The molecular formula is C15H14N2O5. The lowest BCUT2D eigenvalue weighted by molar-refractivity contribution is -0.384. The zero-order valence-electron chi connectivity index (χ0n) is 12.1. The number of benzene rings is 1. The van der Waals surface area contributed by atoms with Gasteiger partial charge in [0.05, 0.1) is 17.0 Å². The number of non-ortho nitro benzene ring substituents is 1. The summed E-state index contributed by atoms with van der Waals surface area (Å²) in [5.74, 6) is -0.552. The second-order valence-corrected chi connectivity index (χ2v) is 4.55. The van der Waals surface area contributed by atoms with Crippen molar-refractivity contribution < 1.29 is 14.5 Å². The van der Waals surface area contributed by atoms with Crippen molar-refractivity contribution in [2.24, 2.45) is 7.05 Å². The summed E-state index contributed by atoms with van der Waals surface area (Å²) in [5, 5.41) is 11.4. The largest absolute Gasteiger partial charge is 0.463 e. The van der Waals surface area contributed by atoms with E-state index in [9.17, 15) is 19.7 Å². The van der Waals surface area contributed by atoms with Crippen molar-refractivity contribution >= 4 is 28.6 Å². The number of nitro benzene ring substituents is 1. The molecule has 0 fully saturated rings. The quantitative estimate of drug-likeness (QED) is 0.373. The average Bonchev–Trinajstić information content (AvgIpc) is 2.49. The highest BCUT2D eigenvalue weighted by atomic mass is 16.6. The predicted molar refractivity (Wildman–Crippen MR) is 81.5 cm³/mol. The maximum absolute atomic E-state index is 12.2. The van der Waals surface area contributed by atoms with E-state index in [4.69, 9.17) is 4.74 Å². The van der Waals surface area contributed by atoms with Crippen molar-refractivity contribution in [1.82, 2.24) is 4.57 Å². The summed E-state index contributed by atoms with van der Waals surface area (Å²) in [4.78, 5) is 33.8. The van der Waals surface area contributed by atoms with E-state index >= 15 is 0 Å². The number of rotatable bonds is 4. The SMILES string of the molecule is CCOC(=O)/C=C/c1cc2cc([N+](=O)[O-])ccc2n(C)c1=O. The van der Waals surface area contributed by atoms with Crippen LogP contribution in [0.2, 0.25) is 0 Å². The number of nitrogens with zero attached hydrogens (tertiary/aromatic N) is 2. The van der Waals surface area contributed by atoms with Crippen LogP contribution in [0.4, 0.5) is 5.69 Å². The van der Waals surface area contributed by atoms with E-state index in [1.807, 2.05) is 0 Å². The van der Waals surface area contributed by atoms with Gasteiger partial charge in [0.1, 0.15) is 0 Å². The minimum absolute atomic E-state index is 0.0635. The molecule has 7 nitrogen and oxygen atoms in total. The van der Waals surface area contributed by atoms with Crippen molar-refractivity contribution in [3.05, 3.63) is 56.4 Å². The Balaban J connectivity index is 2.55. The summed E-state index contributed by atoms with van der Waals surface area (Å²) in [6, 6.07) is 5.76. The van der Waals surface area contributed by atoms with E-state index in [-0.39, 0.29) is 23.4 Å². The molecule has 114 valence electrons. The van der Waals surface area contributed by atoms with Crippen LogP contribution in [-0.4, -0.2) is 22.1 Å². The molecule has 1 aromatic heterocycles. The average molecular weight is 302 g/mol. The van der Waals surface area contributed by atoms with E-state index in [0.717, 1.165) is 6.08 Å². The highest BCUT2D eigenvalue weighted by molar-refractivity contribution is 5.89. The number of fused-ring (bicyclic) bond motifs is 1. The molecule has 0 radical (unpaired) electrons. The van der Waals surface area contributed by atoms with Gasteiger partial charge in [-0.25, -0.2) is 4.79 Å². The van der Waals surface area contributed by atoms with Gasteiger partial charge < -0.3 is 9.30 Å². The number of ether oxygens (including phenoxy) is 1. The lowest BCUT2D eigenvalue weighted by atomic mass is 10.1. The number of carbonyl (C=O) groups is 1. The zero-order valence-corrected chi connectivity index (χ0v) is 12.1. The first kappa shape index (κ1) is 15.4. The first-order valence-electron chi connectivity index (χ1n) is 6.57. The van der Waals surface area contributed by atoms with Gasteiger partial charge in [-0.05, 0) is 25.1 Å². The molecule has 2 rings (SSSR count). The Bertz CT molecular complexity index is 836. The summed E-state index contributed by atoms with van der Waals surface area (Å²) in [6.45, 7) is 1.92. The summed E-state index contributed by atoms with van der Waals surface area (Å²) in [5.41, 5.74) is 0.459. The second-order valence-electron chi connectivity index (χ2n) is 4.55. The summed E-state index contributed by atoms with van der Waals surface area (Å²) in [7, 11) is 1.57. The van der Waals surface area contributed by atoms with Crippen molar-refractivity contribution in [1.29, 1.82) is 0 Å². The monoisotopic (exact) mass is 302 g/mol. The maximum Gasteiger partial charge on any atom is 0.330 e. The van der Waals surface area contributed by atoms with Gasteiger partial charge in [0.15, 0.2) is 0 Å². The van der Waals surface area contributed by atoms with Crippen LogP contribution in [0.1, 0.15) is 12.5 Å². The van der Waals surface area contributed by atoms with Crippen LogP contribution in [0.3, 0.4) is 0 Å². The molecule has 0 spiro atoms. The summed E-state index contributed by atoms with van der Waals surface area (Å²) in [6.07, 6.45) is 2.50. The standard InChI is InChI=1S/C15H14N2O5/c1-3-22-14(18)7-4-10-8-11-9-12(17(20)21)5-6-13(11)16(2)15(10)19/h4-9H,3H2,1-2H3/b7-4+. The molecule has 0 aliphatic carbocycles. The molecule has 0 N–H and O–H groups in total. The molecule has 7 heteroatoms. The Morgan fingerprint density at radius 3 is 2.77 bits per heavy atom. The fourth-order valence-electron chi connectivity index (χ4n) is 2.08. The van der Waals surface area contributed by atoms with Crippen molar-refractivity contribution in [3.63, 3.8) is 0 Å². The number of aromatic nitrogens is 1. The minimum Gasteiger partial charge on any atom is -0.463 e. The third-order valence-electron chi connectivity index (χ3n) is 3.13. The van der Waals surface area contributed by atoms with Crippen LogP contribution in [-0.2, 0) is 16.6 Å². The minimum atomic E-state index is -0.552. The molecule has 1 heterocycles. The number of pyridine rings is 1. The third kappa shape index (κ3) is 3.03. The van der Waals surface area contributed by atoms with Crippen LogP contribution in [0.5, 0.6) is 0 Å². The zero-order chi connectivity index (χ0) is 16.3. The third-order valence-corrected chi connectivity index (χ3v) is 3.13. The van der Waals surface area contributed by atoms with Gasteiger partial charge in [-0.3, -0.25) is 14.9 Å². The predicted octanol–water partition coefficient (Wildman–Crippen LogP) is 2.02. The number of hydrogen-bond acceptors (Lipinski definition) is 5. The second kappa shape index (κ2) is 6.21. The van der Waals surface area contributed by atoms with Gasteiger partial charge >= 0.3 is 5.97 Å². The number of nitro groups is 1. The van der Waals surface area contributed by atoms with E-state index in [0.29, 0.717) is 10.9 Å². The van der Waals surface area contributed by atoms with Gasteiger partial charge in [0.2, 0.25) is 0 Å². The highest BCUT2D eigenvalue weighted by Crippen LogP contribution is 2.20. The van der Waals surface area contributed by atoms with E-state index < -0.39 is 10.9 Å². The number of carbonyl (C=O) groups excluding carboxylic acids is 1. The molecule has 1 aromatic carbocycles. The molecule has 2 aromatic rings. The number of aryl methyl sites for hydroxylation is 1. The smallest absolute Gasteiger partial charge is 0.330 e. The Morgan fingerprint density at radius 1 is 1.41 bits per heavy atom. The van der Waals surface area contributed by atoms with Crippen molar-refractivity contribution in [2.45, 2.75) is 6.92 Å². The molecule has 0 bridgehead atoms. The lowest BCUT2D eigenvalue weighted by Crippen LogP contribution is -2.19. The highest BCUT2D eigenvalue weighted by Gasteiger charge is 2.10. The summed E-state index contributed by atoms with van der Waals surface area (Å²) >= 11 is 0. The normalized spacial score (nSPS) is 11.0. The Morgan fingerprint density at radius 2 is 2.14 bits per heavy atom. The molecule has 22 heavy (non-hydrogen) atoms. The van der Waals surface area contributed by atoms with Gasteiger partial charge in [0, 0.05) is 36.2 Å². The van der Waals surface area contributed by atoms with Gasteiger partial charge in [0.25, 0.3) is 11.2 Å². The molecule has 0 aliphatic rings. The molecule has 0 atom stereocenters. The van der Waals surface area contributed by atoms with Crippen LogP contribution in [0.15, 0.2) is 35.1 Å². The molecular weight excluding hydrogens is 288 g/mol. The van der Waals surface area contributed by atoms with Gasteiger partial charge in [-0.1, -0.05) is 0 Å². The van der Waals surface area contributed by atoms with Crippen molar-refractivity contribution in [2.75, 3.05) is 6.61 Å². The van der Waals surface area contributed by atoms with Crippen molar-refractivity contribution in [3.8, 4) is 0 Å². The molecule has 0 amide bonds. The first-order chi connectivity index (χ1) is 10.4. The van der Waals surface area contributed by atoms with E-state index in [1.165, 1.54) is 34.9 Å². The van der Waals surface area contributed by atoms with Crippen LogP contribution in [0.25, 0.3) is 17.0 Å². The van der Waals surface area contributed by atoms with Crippen LogP contribution in [0, 0.1) is 10.1 Å². The molecule has 0 saturated heterocycles. The Kier molecular flexibility index (Phi) is 4.36. The van der Waals surface area contributed by atoms with E-state index in [1.54, 1.807) is 14.0 Å². The van der Waals surface area contributed by atoms with E-state index in [2.05, 4.69) is 0 Å². The van der Waals surface area contributed by atoms with Crippen LogP contribution < -0.4 is 5.56 Å². The molecule has 0 aliphatic heterocycles. The maximum atomic E-state index is 12.2. The Labute approximate surface area is 125 Å². The number of hydrogen-bond donors (Lipinski definition) is 0. The van der Waals surface area contributed by atoms with Gasteiger partial charge in [-0.15, -0.1) is 0 Å². The van der Waals surface area contributed by atoms with Gasteiger partial charge in [-0.2, -0.15) is 0 Å². The lowest BCUT2D eigenvalue weighted by Gasteiger charge is -2.06. The number of esters is 1. The fourth-order valence-corrected chi connectivity index (χ4v) is 2.08. The first-order valence-corrected chi connectivity index (χ1v) is 6.57.